The fraction of sp³-hybridized carbons (Fsp3) is 0.767. The number of rotatable bonds is 7. The standard InChI is InChI=1S/C30H50N4O2/c1-7-31-28(35)21-32-14-16-34(17-15-32)27-9-8-24(33-12-10-25(36-6)11-13-33)18-26(27)23-19-29(2,3)22-30(4,5)20-23/h8-9,18,23,25H,7,10-17,19-22H2,1-6H3,(H,31,35). The predicted octanol–water partition coefficient (Wildman–Crippen LogP) is 4.88. The zero-order valence-corrected chi connectivity index (χ0v) is 23.7. The van der Waals surface area contributed by atoms with E-state index in [-0.39, 0.29) is 5.91 Å². The van der Waals surface area contributed by atoms with Crippen LogP contribution < -0.4 is 15.1 Å². The minimum Gasteiger partial charge on any atom is -0.381 e. The van der Waals surface area contributed by atoms with Crippen LogP contribution in [-0.4, -0.2) is 76.4 Å². The van der Waals surface area contributed by atoms with E-state index in [1.807, 2.05) is 14.0 Å². The molecule has 1 aliphatic carbocycles. The molecule has 0 radical (unpaired) electrons. The highest BCUT2D eigenvalue weighted by atomic mass is 16.5. The van der Waals surface area contributed by atoms with Crippen LogP contribution in [0.25, 0.3) is 0 Å². The van der Waals surface area contributed by atoms with Crippen LogP contribution in [0.3, 0.4) is 0 Å². The number of methoxy groups -OCH3 is 1. The van der Waals surface area contributed by atoms with Crippen LogP contribution in [0.1, 0.15) is 78.2 Å². The zero-order valence-electron chi connectivity index (χ0n) is 23.7. The van der Waals surface area contributed by atoms with Crippen molar-refractivity contribution in [2.24, 2.45) is 10.8 Å². The van der Waals surface area contributed by atoms with Crippen LogP contribution in [0.5, 0.6) is 0 Å². The molecule has 36 heavy (non-hydrogen) atoms. The molecule has 3 aliphatic rings. The summed E-state index contributed by atoms with van der Waals surface area (Å²) in [5.74, 6) is 0.712. The van der Waals surface area contributed by atoms with Gasteiger partial charge in [0.25, 0.3) is 0 Å². The number of amides is 1. The van der Waals surface area contributed by atoms with E-state index in [1.165, 1.54) is 30.6 Å². The molecule has 0 unspecified atom stereocenters. The smallest absolute Gasteiger partial charge is 0.234 e. The van der Waals surface area contributed by atoms with Crippen LogP contribution in [0.2, 0.25) is 0 Å². The number of likely N-dealkylation sites (N-methyl/N-ethyl adjacent to an activating group) is 1. The summed E-state index contributed by atoms with van der Waals surface area (Å²) in [6.45, 7) is 19.0. The second-order valence-electron chi connectivity index (χ2n) is 13.0. The number of piperazine rings is 1. The van der Waals surface area contributed by atoms with E-state index in [9.17, 15) is 4.79 Å². The molecule has 0 spiro atoms. The van der Waals surface area contributed by atoms with E-state index in [1.54, 1.807) is 5.56 Å². The van der Waals surface area contributed by atoms with E-state index in [4.69, 9.17) is 4.74 Å². The largest absolute Gasteiger partial charge is 0.381 e. The summed E-state index contributed by atoms with van der Waals surface area (Å²) in [6.07, 6.45) is 6.38. The first-order chi connectivity index (χ1) is 17.1. The second-order valence-corrected chi connectivity index (χ2v) is 13.0. The van der Waals surface area contributed by atoms with Crippen LogP contribution in [0, 0.1) is 10.8 Å². The molecule has 2 saturated heterocycles. The summed E-state index contributed by atoms with van der Waals surface area (Å²) in [5.41, 5.74) is 5.03. The Bertz CT molecular complexity index is 867. The first-order valence-electron chi connectivity index (χ1n) is 14.2. The lowest BCUT2D eigenvalue weighted by Crippen LogP contribution is -2.49. The van der Waals surface area contributed by atoms with Crippen molar-refractivity contribution < 1.29 is 9.53 Å². The van der Waals surface area contributed by atoms with Gasteiger partial charge in [-0.05, 0) is 79.5 Å². The Labute approximate surface area is 219 Å². The minimum atomic E-state index is 0.139. The molecular weight excluding hydrogens is 448 g/mol. The van der Waals surface area contributed by atoms with Crippen molar-refractivity contribution in [2.45, 2.75) is 78.7 Å². The highest BCUT2D eigenvalue weighted by Crippen LogP contribution is 2.53. The highest BCUT2D eigenvalue weighted by Gasteiger charge is 2.40. The van der Waals surface area contributed by atoms with Gasteiger partial charge in [0, 0.05) is 64.3 Å². The van der Waals surface area contributed by atoms with Crippen molar-refractivity contribution in [2.75, 3.05) is 69.3 Å². The van der Waals surface area contributed by atoms with Crippen molar-refractivity contribution in [3.05, 3.63) is 23.8 Å². The lowest BCUT2D eigenvalue weighted by atomic mass is 9.60. The molecule has 0 bridgehead atoms. The molecular formula is C30H50N4O2. The Morgan fingerprint density at radius 1 is 0.972 bits per heavy atom. The van der Waals surface area contributed by atoms with Crippen molar-refractivity contribution in [3.63, 3.8) is 0 Å². The first kappa shape index (κ1) is 27.3. The Hall–Kier alpha value is -1.79. The van der Waals surface area contributed by atoms with E-state index < -0.39 is 0 Å². The highest BCUT2D eigenvalue weighted by molar-refractivity contribution is 5.78. The predicted molar refractivity (Wildman–Crippen MR) is 150 cm³/mol. The number of carbonyl (C=O) groups is 1. The van der Waals surface area contributed by atoms with Crippen LogP contribution >= 0.6 is 0 Å². The second kappa shape index (κ2) is 11.3. The first-order valence-corrected chi connectivity index (χ1v) is 14.2. The van der Waals surface area contributed by atoms with E-state index in [0.29, 0.717) is 35.9 Å². The van der Waals surface area contributed by atoms with Gasteiger partial charge in [-0.3, -0.25) is 9.69 Å². The third-order valence-electron chi connectivity index (χ3n) is 8.60. The number of piperidine rings is 1. The number of carbonyl (C=O) groups excluding carboxylic acids is 1. The molecule has 6 heteroatoms. The van der Waals surface area contributed by atoms with Crippen molar-refractivity contribution in [3.8, 4) is 0 Å². The van der Waals surface area contributed by atoms with Gasteiger partial charge >= 0.3 is 0 Å². The van der Waals surface area contributed by atoms with Gasteiger partial charge in [-0.25, -0.2) is 0 Å². The number of hydrogen-bond donors (Lipinski definition) is 1. The molecule has 1 saturated carbocycles. The maximum Gasteiger partial charge on any atom is 0.234 e. The average Bonchev–Trinajstić information content (AvgIpc) is 2.82. The topological polar surface area (TPSA) is 48.1 Å². The molecule has 1 aromatic rings. The van der Waals surface area contributed by atoms with Gasteiger partial charge in [-0.1, -0.05) is 27.7 Å². The third kappa shape index (κ3) is 6.74. The zero-order chi connectivity index (χ0) is 25.9. The molecule has 0 aromatic heterocycles. The van der Waals surface area contributed by atoms with Crippen LogP contribution in [0.4, 0.5) is 11.4 Å². The Morgan fingerprint density at radius 3 is 2.19 bits per heavy atom. The number of nitrogens with zero attached hydrogens (tertiary/aromatic N) is 3. The van der Waals surface area contributed by atoms with Gasteiger partial charge in [0.2, 0.25) is 5.91 Å². The third-order valence-corrected chi connectivity index (χ3v) is 8.60. The molecule has 6 nitrogen and oxygen atoms in total. The summed E-state index contributed by atoms with van der Waals surface area (Å²) in [7, 11) is 1.84. The molecule has 3 fully saturated rings. The number of hydrogen-bond acceptors (Lipinski definition) is 5. The van der Waals surface area contributed by atoms with Crippen molar-refractivity contribution in [1.29, 1.82) is 0 Å². The molecule has 1 amide bonds. The molecule has 202 valence electrons. The maximum absolute atomic E-state index is 12.1. The van der Waals surface area contributed by atoms with Gasteiger partial charge in [0.05, 0.1) is 12.6 Å². The van der Waals surface area contributed by atoms with E-state index in [0.717, 1.165) is 52.1 Å². The minimum absolute atomic E-state index is 0.139. The molecule has 1 N–H and O–H groups in total. The Kier molecular flexibility index (Phi) is 8.56. The molecule has 4 rings (SSSR count). The van der Waals surface area contributed by atoms with Crippen molar-refractivity contribution >= 4 is 17.3 Å². The Balaban J connectivity index is 1.57. The summed E-state index contributed by atoms with van der Waals surface area (Å²) in [5, 5.41) is 2.94. The van der Waals surface area contributed by atoms with Gasteiger partial charge in [-0.2, -0.15) is 0 Å². The lowest BCUT2D eigenvalue weighted by molar-refractivity contribution is -0.122. The molecule has 0 atom stereocenters. The molecule has 2 heterocycles. The van der Waals surface area contributed by atoms with Gasteiger partial charge in [0.1, 0.15) is 0 Å². The molecule has 1 aromatic carbocycles. The quantitative estimate of drug-likeness (QED) is 0.581. The number of ether oxygens (including phenoxy) is 1. The fourth-order valence-electron chi connectivity index (χ4n) is 7.37. The lowest BCUT2D eigenvalue weighted by Gasteiger charge is -2.46. The number of benzene rings is 1. The van der Waals surface area contributed by atoms with E-state index >= 15 is 0 Å². The number of anilines is 2. The fourth-order valence-corrected chi connectivity index (χ4v) is 7.37. The molecule has 2 aliphatic heterocycles. The SMILES string of the molecule is CCNC(=O)CN1CCN(c2ccc(N3CCC(OC)CC3)cc2C2CC(C)(C)CC(C)(C)C2)CC1. The summed E-state index contributed by atoms with van der Waals surface area (Å²) in [6, 6.07) is 7.29. The van der Waals surface area contributed by atoms with Crippen LogP contribution in [-0.2, 0) is 9.53 Å². The van der Waals surface area contributed by atoms with Gasteiger partial charge in [-0.15, -0.1) is 0 Å². The van der Waals surface area contributed by atoms with Crippen molar-refractivity contribution in [1.82, 2.24) is 10.2 Å². The van der Waals surface area contributed by atoms with Gasteiger partial charge in [0.15, 0.2) is 0 Å². The summed E-state index contributed by atoms with van der Waals surface area (Å²) in [4.78, 5) is 19.5. The normalized spacial score (nSPS) is 23.6. The maximum atomic E-state index is 12.1. The van der Waals surface area contributed by atoms with E-state index in [2.05, 4.69) is 65.9 Å². The average molecular weight is 499 g/mol. The summed E-state index contributed by atoms with van der Waals surface area (Å²) >= 11 is 0. The number of nitrogens with one attached hydrogen (secondary N) is 1. The Morgan fingerprint density at radius 2 is 1.61 bits per heavy atom. The monoisotopic (exact) mass is 498 g/mol. The van der Waals surface area contributed by atoms with Crippen LogP contribution in [0.15, 0.2) is 18.2 Å². The van der Waals surface area contributed by atoms with Gasteiger partial charge < -0.3 is 19.9 Å². The summed E-state index contributed by atoms with van der Waals surface area (Å²) < 4.78 is 5.62.